The standard InChI is InChI=1S/C12H23O6P/c1-5-16-12(13)11(4)10-15-8-9-19(14,17-6-2)18-7-3/h4-10H2,1-3H3. The van der Waals surface area contributed by atoms with E-state index in [0.29, 0.717) is 19.8 Å². The van der Waals surface area contributed by atoms with Crippen LogP contribution in [0.15, 0.2) is 12.2 Å². The van der Waals surface area contributed by atoms with Crippen molar-refractivity contribution in [2.45, 2.75) is 20.8 Å². The van der Waals surface area contributed by atoms with Crippen molar-refractivity contribution in [2.75, 3.05) is 39.2 Å². The van der Waals surface area contributed by atoms with E-state index in [-0.39, 0.29) is 24.9 Å². The number of ether oxygens (including phenoxy) is 2. The maximum Gasteiger partial charge on any atom is 0.335 e. The third-order valence-electron chi connectivity index (χ3n) is 2.00. The molecule has 0 fully saturated rings. The van der Waals surface area contributed by atoms with Gasteiger partial charge in [-0.05, 0) is 20.8 Å². The van der Waals surface area contributed by atoms with Gasteiger partial charge in [-0.1, -0.05) is 6.58 Å². The zero-order chi connectivity index (χ0) is 14.7. The first kappa shape index (κ1) is 18.3. The predicted molar refractivity (Wildman–Crippen MR) is 72.3 cm³/mol. The van der Waals surface area contributed by atoms with Crippen LogP contribution in [0.5, 0.6) is 0 Å². The Morgan fingerprint density at radius 2 is 1.68 bits per heavy atom. The van der Waals surface area contributed by atoms with Crippen molar-refractivity contribution in [3.63, 3.8) is 0 Å². The van der Waals surface area contributed by atoms with Crippen LogP contribution in [0.3, 0.4) is 0 Å². The lowest BCUT2D eigenvalue weighted by atomic mass is 10.3. The number of hydrogen-bond donors (Lipinski definition) is 0. The van der Waals surface area contributed by atoms with Crippen LogP contribution >= 0.6 is 7.60 Å². The van der Waals surface area contributed by atoms with Gasteiger partial charge in [-0.25, -0.2) is 4.79 Å². The zero-order valence-electron chi connectivity index (χ0n) is 11.8. The summed E-state index contributed by atoms with van der Waals surface area (Å²) in [5.41, 5.74) is 0.226. The van der Waals surface area contributed by atoms with E-state index in [0.717, 1.165) is 0 Å². The first-order valence-electron chi connectivity index (χ1n) is 6.29. The Balaban J connectivity index is 3.97. The lowest BCUT2D eigenvalue weighted by Crippen LogP contribution is -2.13. The highest BCUT2D eigenvalue weighted by molar-refractivity contribution is 7.53. The Hall–Kier alpha value is -0.680. The molecule has 6 nitrogen and oxygen atoms in total. The predicted octanol–water partition coefficient (Wildman–Crippen LogP) is 2.39. The molecule has 0 saturated heterocycles. The van der Waals surface area contributed by atoms with Crippen LogP contribution in [0.4, 0.5) is 0 Å². The highest BCUT2D eigenvalue weighted by Gasteiger charge is 2.23. The maximum absolute atomic E-state index is 12.1. The summed E-state index contributed by atoms with van der Waals surface area (Å²) in [6.07, 6.45) is 0.144. The normalized spacial score (nSPS) is 11.3. The van der Waals surface area contributed by atoms with Gasteiger partial charge in [0, 0.05) is 0 Å². The molecule has 7 heteroatoms. The number of rotatable bonds is 11. The average Bonchev–Trinajstić information content (AvgIpc) is 2.35. The molecule has 112 valence electrons. The summed E-state index contributed by atoms with van der Waals surface area (Å²) in [5, 5.41) is 0. The van der Waals surface area contributed by atoms with E-state index in [1.54, 1.807) is 20.8 Å². The topological polar surface area (TPSA) is 71.1 Å². The molecule has 0 heterocycles. The molecule has 0 rings (SSSR count). The van der Waals surface area contributed by atoms with Crippen molar-refractivity contribution >= 4 is 13.6 Å². The minimum absolute atomic E-state index is 0.0388. The smallest absolute Gasteiger partial charge is 0.335 e. The molecule has 0 aliphatic rings. The van der Waals surface area contributed by atoms with Crippen LogP contribution in [0.2, 0.25) is 0 Å². The monoisotopic (exact) mass is 294 g/mol. The molecule has 19 heavy (non-hydrogen) atoms. The molecule has 0 aromatic carbocycles. The molecular weight excluding hydrogens is 271 g/mol. The van der Waals surface area contributed by atoms with Crippen LogP contribution in [0.25, 0.3) is 0 Å². The van der Waals surface area contributed by atoms with E-state index in [1.165, 1.54) is 0 Å². The summed E-state index contributed by atoms with van der Waals surface area (Å²) in [7, 11) is -3.09. The molecular formula is C12H23O6P. The number of carbonyl (C=O) groups is 1. The third-order valence-corrected chi connectivity index (χ3v) is 4.03. The minimum atomic E-state index is -3.09. The molecule has 0 spiro atoms. The molecule has 0 atom stereocenters. The van der Waals surface area contributed by atoms with Crippen molar-refractivity contribution in [3.8, 4) is 0 Å². The highest BCUT2D eigenvalue weighted by atomic mass is 31.2. The fraction of sp³-hybridized carbons (Fsp3) is 0.750. The largest absolute Gasteiger partial charge is 0.463 e. The van der Waals surface area contributed by atoms with Crippen LogP contribution < -0.4 is 0 Å². The molecule has 0 aliphatic heterocycles. The average molecular weight is 294 g/mol. The third kappa shape index (κ3) is 8.16. The molecule has 0 amide bonds. The molecule has 0 unspecified atom stereocenters. The van der Waals surface area contributed by atoms with Crippen molar-refractivity contribution in [1.82, 2.24) is 0 Å². The van der Waals surface area contributed by atoms with Gasteiger partial charge in [0.05, 0.1) is 44.8 Å². The van der Waals surface area contributed by atoms with Crippen molar-refractivity contribution in [1.29, 1.82) is 0 Å². The first-order chi connectivity index (χ1) is 8.99. The molecule has 0 saturated carbocycles. The number of esters is 1. The lowest BCUT2D eigenvalue weighted by Gasteiger charge is -2.16. The van der Waals surface area contributed by atoms with Crippen LogP contribution in [-0.2, 0) is 27.9 Å². The Kier molecular flexibility index (Phi) is 9.79. The Bertz CT molecular complexity index is 318. The Labute approximate surface area is 114 Å². The second kappa shape index (κ2) is 10.1. The fourth-order valence-corrected chi connectivity index (χ4v) is 2.70. The number of hydrogen-bond acceptors (Lipinski definition) is 6. The van der Waals surface area contributed by atoms with Gasteiger partial charge in [-0.15, -0.1) is 0 Å². The van der Waals surface area contributed by atoms with E-state index in [2.05, 4.69) is 6.58 Å². The second-order valence-corrected chi connectivity index (χ2v) is 5.73. The molecule has 0 aromatic heterocycles. The maximum atomic E-state index is 12.1. The highest BCUT2D eigenvalue weighted by Crippen LogP contribution is 2.47. The summed E-state index contributed by atoms with van der Waals surface area (Å²) in [6, 6.07) is 0. The second-order valence-electron chi connectivity index (χ2n) is 3.55. The van der Waals surface area contributed by atoms with Gasteiger partial charge in [-0.3, -0.25) is 4.57 Å². The SMILES string of the molecule is C=C(COCCP(=O)(OCC)OCC)C(=O)OCC. The fourth-order valence-electron chi connectivity index (χ4n) is 1.22. The lowest BCUT2D eigenvalue weighted by molar-refractivity contribution is -0.139. The van der Waals surface area contributed by atoms with Gasteiger partial charge in [0.2, 0.25) is 0 Å². The Morgan fingerprint density at radius 3 is 2.16 bits per heavy atom. The summed E-state index contributed by atoms with van der Waals surface area (Å²) >= 11 is 0. The molecule has 0 aliphatic carbocycles. The summed E-state index contributed by atoms with van der Waals surface area (Å²) in [6.45, 7) is 9.87. The van der Waals surface area contributed by atoms with Gasteiger partial charge in [-0.2, -0.15) is 0 Å². The van der Waals surface area contributed by atoms with E-state index < -0.39 is 13.6 Å². The number of carbonyl (C=O) groups excluding carboxylic acids is 1. The first-order valence-corrected chi connectivity index (χ1v) is 8.02. The van der Waals surface area contributed by atoms with Crippen molar-refractivity contribution in [3.05, 3.63) is 12.2 Å². The molecule has 0 N–H and O–H groups in total. The van der Waals surface area contributed by atoms with Crippen LogP contribution in [0.1, 0.15) is 20.8 Å². The quantitative estimate of drug-likeness (QED) is 0.252. The molecule has 0 radical (unpaired) electrons. The van der Waals surface area contributed by atoms with Gasteiger partial charge in [0.15, 0.2) is 0 Å². The van der Waals surface area contributed by atoms with Crippen LogP contribution in [0, 0.1) is 0 Å². The van der Waals surface area contributed by atoms with Crippen molar-refractivity contribution < 1.29 is 27.9 Å². The molecule has 0 aromatic rings. The van der Waals surface area contributed by atoms with Crippen molar-refractivity contribution in [2.24, 2.45) is 0 Å². The Morgan fingerprint density at radius 1 is 1.11 bits per heavy atom. The van der Waals surface area contributed by atoms with Gasteiger partial charge in [0.1, 0.15) is 0 Å². The zero-order valence-corrected chi connectivity index (χ0v) is 12.7. The minimum Gasteiger partial charge on any atom is -0.463 e. The van der Waals surface area contributed by atoms with Crippen LogP contribution in [-0.4, -0.2) is 45.2 Å². The molecule has 0 bridgehead atoms. The van der Waals surface area contributed by atoms with E-state index >= 15 is 0 Å². The summed E-state index contributed by atoms with van der Waals surface area (Å²) < 4.78 is 32.2. The van der Waals surface area contributed by atoms with E-state index in [1.807, 2.05) is 0 Å². The van der Waals surface area contributed by atoms with Gasteiger partial charge < -0.3 is 18.5 Å². The van der Waals surface area contributed by atoms with E-state index in [4.69, 9.17) is 18.5 Å². The summed E-state index contributed by atoms with van der Waals surface area (Å²) in [4.78, 5) is 11.2. The van der Waals surface area contributed by atoms with E-state index in [9.17, 15) is 9.36 Å². The van der Waals surface area contributed by atoms with Gasteiger partial charge in [0.25, 0.3) is 0 Å². The van der Waals surface area contributed by atoms with Gasteiger partial charge >= 0.3 is 13.6 Å². The summed E-state index contributed by atoms with van der Waals surface area (Å²) in [5.74, 6) is -0.486.